The number of aromatic nitrogens is 1. The first-order valence-electron chi connectivity index (χ1n) is 5.20. The van der Waals surface area contributed by atoms with Gasteiger partial charge >= 0.3 is 0 Å². The van der Waals surface area contributed by atoms with E-state index in [0.717, 1.165) is 12.3 Å². The van der Waals surface area contributed by atoms with E-state index in [-0.39, 0.29) is 11.1 Å². The van der Waals surface area contributed by atoms with E-state index in [0.29, 0.717) is 4.47 Å². The molecular weight excluding hydrogens is 304 g/mol. The second-order valence-electron chi connectivity index (χ2n) is 4.09. The number of halogens is 3. The van der Waals surface area contributed by atoms with Crippen LogP contribution < -0.4 is 0 Å². The molecule has 0 amide bonds. The summed E-state index contributed by atoms with van der Waals surface area (Å²) in [4.78, 5) is 3.66. The molecule has 0 bridgehead atoms. The molecule has 0 fully saturated rings. The summed E-state index contributed by atoms with van der Waals surface area (Å²) in [5.74, 6) is -1.14. The van der Waals surface area contributed by atoms with Crippen molar-refractivity contribution in [3.8, 4) is 0 Å². The Morgan fingerprint density at radius 2 is 1.94 bits per heavy atom. The lowest BCUT2D eigenvalue weighted by Gasteiger charge is -2.24. The van der Waals surface area contributed by atoms with Crippen molar-refractivity contribution in [2.45, 2.75) is 12.5 Å². The van der Waals surface area contributed by atoms with E-state index in [1.54, 1.807) is 0 Å². The van der Waals surface area contributed by atoms with Gasteiger partial charge in [-0.15, -0.1) is 0 Å². The van der Waals surface area contributed by atoms with Gasteiger partial charge in [0.1, 0.15) is 17.2 Å². The summed E-state index contributed by atoms with van der Waals surface area (Å²) in [6.07, 6.45) is 2.33. The number of rotatable bonds is 2. The first kappa shape index (κ1) is 13.1. The Morgan fingerprint density at radius 3 is 2.61 bits per heavy atom. The number of hydrogen-bond donors (Lipinski definition) is 1. The molecule has 1 atom stereocenters. The molecule has 0 aliphatic rings. The van der Waals surface area contributed by atoms with Gasteiger partial charge in [0, 0.05) is 21.8 Å². The second-order valence-corrected chi connectivity index (χ2v) is 5.00. The van der Waals surface area contributed by atoms with Crippen LogP contribution in [0, 0.1) is 11.6 Å². The summed E-state index contributed by atoms with van der Waals surface area (Å²) < 4.78 is 27.5. The van der Waals surface area contributed by atoms with E-state index in [2.05, 4.69) is 20.9 Å². The third-order valence-corrected chi connectivity index (χ3v) is 3.21. The van der Waals surface area contributed by atoms with Gasteiger partial charge in [-0.25, -0.2) is 8.78 Å². The van der Waals surface area contributed by atoms with Crippen molar-refractivity contribution in [1.29, 1.82) is 0 Å². The molecule has 2 nitrogen and oxygen atoms in total. The van der Waals surface area contributed by atoms with Gasteiger partial charge in [-0.2, -0.15) is 0 Å². The topological polar surface area (TPSA) is 33.1 Å². The normalized spacial score (nSPS) is 14.3. The van der Waals surface area contributed by atoms with E-state index < -0.39 is 17.2 Å². The van der Waals surface area contributed by atoms with Crippen molar-refractivity contribution in [3.05, 3.63) is 63.9 Å². The zero-order valence-electron chi connectivity index (χ0n) is 9.49. The Balaban J connectivity index is 2.57. The van der Waals surface area contributed by atoms with Crippen LogP contribution >= 0.6 is 15.9 Å². The molecule has 0 aliphatic carbocycles. The highest BCUT2D eigenvalue weighted by Gasteiger charge is 2.29. The number of pyridine rings is 1. The van der Waals surface area contributed by atoms with Crippen molar-refractivity contribution in [2.24, 2.45) is 0 Å². The Morgan fingerprint density at radius 1 is 1.22 bits per heavy atom. The van der Waals surface area contributed by atoms with Gasteiger partial charge in [0.25, 0.3) is 0 Å². The van der Waals surface area contributed by atoms with E-state index >= 15 is 0 Å². The summed E-state index contributed by atoms with van der Waals surface area (Å²) in [5.41, 5.74) is -1.40. The van der Waals surface area contributed by atoms with Crippen LogP contribution in [0.3, 0.4) is 0 Å². The van der Waals surface area contributed by atoms with Crippen molar-refractivity contribution in [3.63, 3.8) is 0 Å². The second kappa shape index (κ2) is 4.74. The quantitative estimate of drug-likeness (QED) is 0.922. The molecular formula is C13H10BrF2NO. The van der Waals surface area contributed by atoms with Gasteiger partial charge in [0.05, 0.1) is 6.20 Å². The van der Waals surface area contributed by atoms with E-state index in [9.17, 15) is 13.9 Å². The summed E-state index contributed by atoms with van der Waals surface area (Å²) >= 11 is 3.21. The average molecular weight is 314 g/mol. The maximum absolute atomic E-state index is 13.8. The van der Waals surface area contributed by atoms with Crippen molar-refractivity contribution >= 4 is 15.9 Å². The first-order valence-corrected chi connectivity index (χ1v) is 5.99. The standard InChI is InChI=1S/C13H10BrF2NO/c1-13(18,8-4-10(15)7-17-6-8)11-5-9(14)2-3-12(11)16/h2-7,18H,1H3. The molecule has 94 valence electrons. The van der Waals surface area contributed by atoms with E-state index in [1.807, 2.05) is 0 Å². The van der Waals surface area contributed by atoms with Crippen LogP contribution in [-0.4, -0.2) is 10.1 Å². The minimum atomic E-state index is -1.65. The molecule has 5 heteroatoms. The van der Waals surface area contributed by atoms with Crippen molar-refractivity contribution in [1.82, 2.24) is 4.98 Å². The monoisotopic (exact) mass is 313 g/mol. The number of nitrogens with zero attached hydrogens (tertiary/aromatic N) is 1. The fourth-order valence-corrected chi connectivity index (χ4v) is 2.07. The molecule has 18 heavy (non-hydrogen) atoms. The molecule has 1 aromatic heterocycles. The SMILES string of the molecule is CC(O)(c1cncc(F)c1)c1cc(Br)ccc1F. The Hall–Kier alpha value is -1.33. The maximum Gasteiger partial charge on any atom is 0.141 e. The smallest absolute Gasteiger partial charge is 0.141 e. The highest BCUT2D eigenvalue weighted by molar-refractivity contribution is 9.10. The molecule has 0 aliphatic heterocycles. The van der Waals surface area contributed by atoms with Gasteiger partial charge in [-0.05, 0) is 31.2 Å². The van der Waals surface area contributed by atoms with Crippen LogP contribution in [0.5, 0.6) is 0 Å². The molecule has 1 aromatic carbocycles. The molecule has 0 radical (unpaired) electrons. The van der Waals surface area contributed by atoms with Gasteiger partial charge in [0.2, 0.25) is 0 Å². The van der Waals surface area contributed by atoms with Crippen LogP contribution in [0.1, 0.15) is 18.1 Å². The van der Waals surface area contributed by atoms with Crippen molar-refractivity contribution < 1.29 is 13.9 Å². The minimum Gasteiger partial charge on any atom is -0.381 e. The highest BCUT2D eigenvalue weighted by atomic mass is 79.9. The van der Waals surface area contributed by atoms with Gasteiger partial charge in [-0.1, -0.05) is 15.9 Å². The number of aliphatic hydroxyl groups is 1. The van der Waals surface area contributed by atoms with Crippen molar-refractivity contribution in [2.75, 3.05) is 0 Å². The fourth-order valence-electron chi connectivity index (χ4n) is 1.70. The summed E-state index contributed by atoms with van der Waals surface area (Å²) in [5, 5.41) is 10.4. The third-order valence-electron chi connectivity index (χ3n) is 2.72. The van der Waals surface area contributed by atoms with Crippen LogP contribution in [0.4, 0.5) is 8.78 Å². The van der Waals surface area contributed by atoms with Crippen LogP contribution in [0.2, 0.25) is 0 Å². The average Bonchev–Trinajstić information content (AvgIpc) is 2.32. The lowest BCUT2D eigenvalue weighted by atomic mass is 9.89. The Labute approximate surface area is 111 Å². The Kier molecular flexibility index (Phi) is 3.45. The van der Waals surface area contributed by atoms with Crippen LogP contribution in [-0.2, 0) is 5.60 Å². The highest BCUT2D eigenvalue weighted by Crippen LogP contribution is 2.32. The Bertz CT molecular complexity index is 587. The van der Waals surface area contributed by atoms with Crippen LogP contribution in [0.25, 0.3) is 0 Å². The van der Waals surface area contributed by atoms with Gasteiger partial charge < -0.3 is 5.11 Å². The molecule has 2 aromatic rings. The number of benzene rings is 1. The summed E-state index contributed by atoms with van der Waals surface area (Å²) in [7, 11) is 0. The minimum absolute atomic E-state index is 0.0595. The van der Waals surface area contributed by atoms with E-state index in [1.165, 1.54) is 31.3 Å². The third kappa shape index (κ3) is 2.42. The molecule has 0 saturated carbocycles. The molecule has 0 spiro atoms. The first-order chi connectivity index (χ1) is 8.41. The summed E-state index contributed by atoms with van der Waals surface area (Å²) in [6, 6.07) is 5.35. The zero-order chi connectivity index (χ0) is 13.3. The predicted molar refractivity (Wildman–Crippen MR) is 67.0 cm³/mol. The van der Waals surface area contributed by atoms with Gasteiger partial charge in [0.15, 0.2) is 0 Å². The largest absolute Gasteiger partial charge is 0.381 e. The lowest BCUT2D eigenvalue weighted by Crippen LogP contribution is -2.24. The zero-order valence-corrected chi connectivity index (χ0v) is 11.1. The molecule has 0 saturated heterocycles. The number of hydrogen-bond acceptors (Lipinski definition) is 2. The summed E-state index contributed by atoms with van der Waals surface area (Å²) in [6.45, 7) is 1.40. The van der Waals surface area contributed by atoms with Crippen LogP contribution in [0.15, 0.2) is 41.1 Å². The fraction of sp³-hybridized carbons (Fsp3) is 0.154. The van der Waals surface area contributed by atoms with Gasteiger partial charge in [-0.3, -0.25) is 4.98 Å². The molecule has 1 N–H and O–H groups in total. The lowest BCUT2D eigenvalue weighted by molar-refractivity contribution is 0.0971. The maximum atomic E-state index is 13.8. The van der Waals surface area contributed by atoms with E-state index in [4.69, 9.17) is 0 Å². The molecule has 1 unspecified atom stereocenters. The predicted octanol–water partition coefficient (Wildman–Crippen LogP) is 3.38. The molecule has 2 rings (SSSR count). The molecule has 1 heterocycles.